The molecule has 6 nitrogen and oxygen atoms in total. The van der Waals surface area contributed by atoms with Gasteiger partial charge in [0.05, 0.1) is 0 Å². The van der Waals surface area contributed by atoms with Crippen LogP contribution in [0.3, 0.4) is 0 Å². The van der Waals surface area contributed by atoms with Crippen molar-refractivity contribution in [3.8, 4) is 11.1 Å². The molecule has 0 bridgehead atoms. The Balaban J connectivity index is 1.38. The quantitative estimate of drug-likeness (QED) is 0.665. The molecule has 2 aromatic carbocycles. The van der Waals surface area contributed by atoms with E-state index in [1.807, 2.05) is 24.3 Å². The number of rotatable bonds is 8. The van der Waals surface area contributed by atoms with Crippen molar-refractivity contribution >= 4 is 12.1 Å². The molecular weight excluding hydrogens is 392 g/mol. The molecule has 1 aliphatic heterocycles. The molecule has 2 N–H and O–H groups in total. The van der Waals surface area contributed by atoms with E-state index in [1.165, 1.54) is 28.7 Å². The second kappa shape index (κ2) is 9.96. The third kappa shape index (κ3) is 5.25. The van der Waals surface area contributed by atoms with Crippen LogP contribution in [0.5, 0.6) is 0 Å². The molecule has 1 atom stereocenters. The zero-order valence-electron chi connectivity index (χ0n) is 17.8. The number of aliphatic carboxylic acids is 1. The highest BCUT2D eigenvalue weighted by molar-refractivity contribution is 5.79. The van der Waals surface area contributed by atoms with E-state index in [0.29, 0.717) is 13.0 Å². The summed E-state index contributed by atoms with van der Waals surface area (Å²) in [7, 11) is 0. The highest BCUT2D eigenvalue weighted by Crippen LogP contribution is 2.44. The first-order valence-electron chi connectivity index (χ1n) is 11.2. The van der Waals surface area contributed by atoms with Crippen LogP contribution in [-0.2, 0) is 9.53 Å². The summed E-state index contributed by atoms with van der Waals surface area (Å²) in [6.45, 7) is 2.92. The van der Waals surface area contributed by atoms with E-state index >= 15 is 0 Å². The number of alkyl carbamates (subject to hydrolysis) is 1. The molecule has 6 heteroatoms. The minimum absolute atomic E-state index is 0.0118. The SMILES string of the molecule is O=C(O)CCC(CN1CCCCC1)NC(=O)OCC1c2ccccc2-c2ccccc21. The Kier molecular flexibility index (Phi) is 6.87. The van der Waals surface area contributed by atoms with Crippen LogP contribution in [0.15, 0.2) is 48.5 Å². The van der Waals surface area contributed by atoms with Gasteiger partial charge in [-0.2, -0.15) is 0 Å². The van der Waals surface area contributed by atoms with Crippen LogP contribution in [0.2, 0.25) is 0 Å². The molecule has 31 heavy (non-hydrogen) atoms. The zero-order valence-corrected chi connectivity index (χ0v) is 17.8. The fraction of sp³-hybridized carbons (Fsp3) is 0.440. The van der Waals surface area contributed by atoms with Gasteiger partial charge in [-0.1, -0.05) is 55.0 Å². The number of benzene rings is 2. The minimum Gasteiger partial charge on any atom is -0.481 e. The van der Waals surface area contributed by atoms with Crippen molar-refractivity contribution in [3.05, 3.63) is 59.7 Å². The van der Waals surface area contributed by atoms with Crippen molar-refractivity contribution in [2.75, 3.05) is 26.2 Å². The Hall–Kier alpha value is -2.86. The van der Waals surface area contributed by atoms with Gasteiger partial charge in [0.1, 0.15) is 6.61 Å². The Morgan fingerprint density at radius 3 is 2.23 bits per heavy atom. The molecule has 1 fully saturated rings. The summed E-state index contributed by atoms with van der Waals surface area (Å²) in [5.41, 5.74) is 4.73. The van der Waals surface area contributed by atoms with Crippen molar-refractivity contribution in [1.82, 2.24) is 10.2 Å². The van der Waals surface area contributed by atoms with Gasteiger partial charge in [0.2, 0.25) is 0 Å². The smallest absolute Gasteiger partial charge is 0.407 e. The van der Waals surface area contributed by atoms with Gasteiger partial charge in [0.25, 0.3) is 0 Å². The molecular formula is C25H30N2O4. The van der Waals surface area contributed by atoms with Gasteiger partial charge in [-0.05, 0) is 54.6 Å². The fourth-order valence-corrected chi connectivity index (χ4v) is 4.77. The second-order valence-corrected chi connectivity index (χ2v) is 8.46. The molecule has 1 aliphatic carbocycles. The largest absolute Gasteiger partial charge is 0.481 e. The predicted molar refractivity (Wildman–Crippen MR) is 119 cm³/mol. The average molecular weight is 423 g/mol. The van der Waals surface area contributed by atoms with E-state index in [1.54, 1.807) is 0 Å². The second-order valence-electron chi connectivity index (χ2n) is 8.46. The van der Waals surface area contributed by atoms with E-state index in [0.717, 1.165) is 25.9 Å². The lowest BCUT2D eigenvalue weighted by atomic mass is 9.98. The lowest BCUT2D eigenvalue weighted by molar-refractivity contribution is -0.137. The summed E-state index contributed by atoms with van der Waals surface area (Å²) in [6.07, 6.45) is 3.48. The van der Waals surface area contributed by atoms with Crippen LogP contribution >= 0.6 is 0 Å². The molecule has 0 aromatic heterocycles. The number of amides is 1. The summed E-state index contributed by atoms with van der Waals surface area (Å²) in [5.74, 6) is -0.837. The third-order valence-corrected chi connectivity index (χ3v) is 6.30. The van der Waals surface area contributed by atoms with Crippen LogP contribution in [0, 0.1) is 0 Å². The zero-order chi connectivity index (χ0) is 21.6. The van der Waals surface area contributed by atoms with Gasteiger partial charge in [-0.15, -0.1) is 0 Å². The van der Waals surface area contributed by atoms with E-state index in [4.69, 9.17) is 9.84 Å². The molecule has 2 aliphatic rings. The number of carboxylic acid groups (broad SMARTS) is 1. The van der Waals surface area contributed by atoms with Gasteiger partial charge in [0, 0.05) is 24.9 Å². The number of likely N-dealkylation sites (tertiary alicyclic amines) is 1. The molecule has 0 spiro atoms. The first-order valence-corrected chi connectivity index (χ1v) is 11.2. The molecule has 1 amide bonds. The minimum atomic E-state index is -0.849. The van der Waals surface area contributed by atoms with Crippen LogP contribution in [0.4, 0.5) is 4.79 Å². The van der Waals surface area contributed by atoms with Gasteiger partial charge in [-0.3, -0.25) is 4.79 Å². The maximum Gasteiger partial charge on any atom is 0.407 e. The Morgan fingerprint density at radius 2 is 1.61 bits per heavy atom. The normalized spacial score (nSPS) is 16.9. The topological polar surface area (TPSA) is 78.9 Å². The highest BCUT2D eigenvalue weighted by atomic mass is 16.5. The first kappa shape index (κ1) is 21.4. The Bertz CT molecular complexity index is 878. The number of ether oxygens (including phenoxy) is 1. The number of nitrogens with one attached hydrogen (secondary N) is 1. The molecule has 164 valence electrons. The van der Waals surface area contributed by atoms with Crippen molar-refractivity contribution in [3.63, 3.8) is 0 Å². The van der Waals surface area contributed by atoms with E-state index in [-0.39, 0.29) is 25.0 Å². The number of fused-ring (bicyclic) bond motifs is 3. The Morgan fingerprint density at radius 1 is 1.00 bits per heavy atom. The van der Waals surface area contributed by atoms with Crippen LogP contribution < -0.4 is 5.32 Å². The average Bonchev–Trinajstić information content (AvgIpc) is 3.10. The van der Waals surface area contributed by atoms with Crippen molar-refractivity contribution in [2.45, 2.75) is 44.1 Å². The molecule has 1 unspecified atom stereocenters. The molecule has 0 radical (unpaired) electrons. The summed E-state index contributed by atoms with van der Waals surface area (Å²) in [5, 5.41) is 12.0. The number of nitrogens with zero attached hydrogens (tertiary/aromatic N) is 1. The van der Waals surface area contributed by atoms with Gasteiger partial charge >= 0.3 is 12.1 Å². The number of piperidine rings is 1. The monoisotopic (exact) mass is 422 g/mol. The number of carbonyl (C=O) groups is 2. The van der Waals surface area contributed by atoms with Crippen molar-refractivity contribution < 1.29 is 19.4 Å². The lowest BCUT2D eigenvalue weighted by Crippen LogP contribution is -2.45. The third-order valence-electron chi connectivity index (χ3n) is 6.30. The van der Waals surface area contributed by atoms with Gasteiger partial charge in [0.15, 0.2) is 0 Å². The summed E-state index contributed by atoms with van der Waals surface area (Å²) >= 11 is 0. The molecule has 0 saturated carbocycles. The summed E-state index contributed by atoms with van der Waals surface area (Å²) in [6, 6.07) is 16.2. The van der Waals surface area contributed by atoms with Crippen LogP contribution in [0.25, 0.3) is 11.1 Å². The Labute approximate surface area is 183 Å². The number of hydrogen-bond acceptors (Lipinski definition) is 4. The standard InChI is InChI=1S/C25H30N2O4/c28-24(29)13-12-18(16-27-14-6-1-7-15-27)26-25(30)31-17-23-21-10-4-2-8-19(21)20-9-3-5-11-22(20)23/h2-5,8-11,18,23H,1,6-7,12-17H2,(H,26,30)(H,28,29). The fourth-order valence-electron chi connectivity index (χ4n) is 4.77. The summed E-state index contributed by atoms with van der Waals surface area (Å²) < 4.78 is 5.65. The highest BCUT2D eigenvalue weighted by Gasteiger charge is 2.29. The van der Waals surface area contributed by atoms with E-state index in [2.05, 4.69) is 34.5 Å². The van der Waals surface area contributed by atoms with E-state index < -0.39 is 12.1 Å². The molecule has 1 heterocycles. The molecule has 2 aromatic rings. The van der Waals surface area contributed by atoms with Crippen LogP contribution in [-0.4, -0.2) is 54.4 Å². The van der Waals surface area contributed by atoms with Crippen molar-refractivity contribution in [1.29, 1.82) is 0 Å². The first-order chi connectivity index (χ1) is 15.1. The molecule has 1 saturated heterocycles. The lowest BCUT2D eigenvalue weighted by Gasteiger charge is -2.30. The number of hydrogen-bond donors (Lipinski definition) is 2. The predicted octanol–water partition coefficient (Wildman–Crippen LogP) is 4.24. The van der Waals surface area contributed by atoms with Gasteiger partial charge < -0.3 is 20.1 Å². The van der Waals surface area contributed by atoms with E-state index in [9.17, 15) is 9.59 Å². The number of carboxylic acids is 1. The summed E-state index contributed by atoms with van der Waals surface area (Å²) in [4.78, 5) is 26.0. The maximum absolute atomic E-state index is 12.6. The molecule has 4 rings (SSSR count). The van der Waals surface area contributed by atoms with Crippen LogP contribution in [0.1, 0.15) is 49.1 Å². The maximum atomic E-state index is 12.6. The number of carbonyl (C=O) groups excluding carboxylic acids is 1. The van der Waals surface area contributed by atoms with Crippen molar-refractivity contribution in [2.24, 2.45) is 0 Å². The van der Waals surface area contributed by atoms with Gasteiger partial charge in [-0.25, -0.2) is 4.79 Å².